The first-order valence-corrected chi connectivity index (χ1v) is 11.5. The minimum absolute atomic E-state index is 0.182. The lowest BCUT2D eigenvalue weighted by atomic mass is 10.1. The molecular formula is C25H31N5O4. The quantitative estimate of drug-likeness (QED) is 0.207. The van der Waals surface area contributed by atoms with Crippen LogP contribution in [0.4, 0.5) is 16.4 Å². The zero-order valence-electron chi connectivity index (χ0n) is 19.6. The van der Waals surface area contributed by atoms with Crippen molar-refractivity contribution in [1.29, 1.82) is 0 Å². The molecule has 0 aliphatic carbocycles. The molecule has 0 aliphatic heterocycles. The molecule has 9 nitrogen and oxygen atoms in total. The van der Waals surface area contributed by atoms with E-state index in [1.54, 1.807) is 16.7 Å². The third kappa shape index (κ3) is 6.57. The van der Waals surface area contributed by atoms with E-state index in [0.717, 1.165) is 30.5 Å². The van der Waals surface area contributed by atoms with Crippen molar-refractivity contribution in [2.24, 2.45) is 0 Å². The summed E-state index contributed by atoms with van der Waals surface area (Å²) in [5.74, 6) is 0.367. The average molecular weight is 466 g/mol. The first-order valence-electron chi connectivity index (χ1n) is 11.5. The number of amides is 2. The van der Waals surface area contributed by atoms with Gasteiger partial charge < -0.3 is 25.5 Å². The Kier molecular flexibility index (Phi) is 9.02. The third-order valence-electron chi connectivity index (χ3n) is 5.40. The Labute approximate surface area is 199 Å². The zero-order chi connectivity index (χ0) is 24.3. The summed E-state index contributed by atoms with van der Waals surface area (Å²) in [4.78, 5) is 27.5. The Hall–Kier alpha value is -3.88. The standard InChI is InChI=1S/C25H31N5O4/c1-3-4-10-16-26-24(31)27-21-14-8-9-15-22(21)34-18-11-17-29-19(2)23(28-25(29)30(32)33)20-12-6-5-7-13-20/h5-9,12-15H,3-4,10-11,16-18H2,1-2H3,(H2,26,27,31). The fourth-order valence-corrected chi connectivity index (χ4v) is 3.64. The number of carbonyl (C=O) groups excluding carboxylic acids is 1. The second-order valence-corrected chi connectivity index (χ2v) is 7.91. The molecule has 0 bridgehead atoms. The molecule has 2 amide bonds. The number of ether oxygens (including phenoxy) is 1. The van der Waals surface area contributed by atoms with Crippen LogP contribution in [-0.4, -0.2) is 33.7 Å². The number of benzene rings is 2. The highest BCUT2D eigenvalue weighted by molar-refractivity contribution is 5.90. The van der Waals surface area contributed by atoms with Crippen LogP contribution in [0.2, 0.25) is 0 Å². The van der Waals surface area contributed by atoms with E-state index in [-0.39, 0.29) is 12.0 Å². The van der Waals surface area contributed by atoms with Gasteiger partial charge in [0.15, 0.2) is 5.69 Å². The first kappa shape index (κ1) is 24.8. The van der Waals surface area contributed by atoms with Crippen molar-refractivity contribution >= 4 is 17.7 Å². The van der Waals surface area contributed by atoms with Crippen molar-refractivity contribution in [2.45, 2.75) is 46.1 Å². The molecule has 2 aromatic carbocycles. The maximum absolute atomic E-state index is 12.1. The molecule has 0 saturated carbocycles. The van der Waals surface area contributed by atoms with E-state index in [1.165, 1.54) is 0 Å². The van der Waals surface area contributed by atoms with Crippen LogP contribution in [0.1, 0.15) is 38.3 Å². The number of nitrogens with zero attached hydrogens (tertiary/aromatic N) is 3. The van der Waals surface area contributed by atoms with E-state index < -0.39 is 4.92 Å². The number of nitro groups is 1. The van der Waals surface area contributed by atoms with Crippen LogP contribution >= 0.6 is 0 Å². The molecular weight excluding hydrogens is 434 g/mol. The van der Waals surface area contributed by atoms with Gasteiger partial charge in [0.25, 0.3) is 0 Å². The molecule has 34 heavy (non-hydrogen) atoms. The van der Waals surface area contributed by atoms with Crippen LogP contribution in [0.25, 0.3) is 11.3 Å². The van der Waals surface area contributed by atoms with Crippen LogP contribution in [0.5, 0.6) is 5.75 Å². The van der Waals surface area contributed by atoms with Gasteiger partial charge in [-0.15, -0.1) is 0 Å². The molecule has 0 saturated heterocycles. The van der Waals surface area contributed by atoms with Crippen molar-refractivity contribution in [2.75, 3.05) is 18.5 Å². The summed E-state index contributed by atoms with van der Waals surface area (Å²) in [7, 11) is 0. The number of unbranched alkanes of at least 4 members (excludes halogenated alkanes) is 2. The number of rotatable bonds is 12. The van der Waals surface area contributed by atoms with Gasteiger partial charge in [0, 0.05) is 18.5 Å². The number of urea groups is 1. The molecule has 0 unspecified atom stereocenters. The molecule has 1 heterocycles. The summed E-state index contributed by atoms with van der Waals surface area (Å²) < 4.78 is 7.50. The van der Waals surface area contributed by atoms with Gasteiger partial charge in [-0.1, -0.05) is 67.2 Å². The van der Waals surface area contributed by atoms with Gasteiger partial charge in [-0.2, -0.15) is 0 Å². The number of nitrogens with one attached hydrogen (secondary N) is 2. The van der Waals surface area contributed by atoms with Gasteiger partial charge >= 0.3 is 12.0 Å². The van der Waals surface area contributed by atoms with Crippen molar-refractivity contribution < 1.29 is 14.5 Å². The summed E-state index contributed by atoms with van der Waals surface area (Å²) in [5, 5.41) is 17.2. The predicted molar refractivity (Wildman–Crippen MR) is 132 cm³/mol. The highest BCUT2D eigenvalue weighted by atomic mass is 16.6. The second kappa shape index (κ2) is 12.4. The van der Waals surface area contributed by atoms with Gasteiger partial charge in [0.2, 0.25) is 0 Å². The Morgan fingerprint density at radius 1 is 1.09 bits per heavy atom. The monoisotopic (exact) mass is 465 g/mol. The highest BCUT2D eigenvalue weighted by Crippen LogP contribution is 2.28. The van der Waals surface area contributed by atoms with Gasteiger partial charge in [0.1, 0.15) is 11.4 Å². The second-order valence-electron chi connectivity index (χ2n) is 7.91. The van der Waals surface area contributed by atoms with Crippen LogP contribution in [0.3, 0.4) is 0 Å². The highest BCUT2D eigenvalue weighted by Gasteiger charge is 2.25. The van der Waals surface area contributed by atoms with Crippen molar-refractivity contribution in [1.82, 2.24) is 14.9 Å². The number of aromatic nitrogens is 2. The number of hydrogen-bond acceptors (Lipinski definition) is 5. The average Bonchev–Trinajstić information content (AvgIpc) is 3.17. The topological polar surface area (TPSA) is 111 Å². The molecule has 0 aliphatic rings. The molecule has 3 rings (SSSR count). The Bertz CT molecular complexity index is 1100. The van der Waals surface area contributed by atoms with Crippen LogP contribution in [0, 0.1) is 17.0 Å². The minimum Gasteiger partial charge on any atom is -0.491 e. The number of carbonyl (C=O) groups is 1. The smallest absolute Gasteiger partial charge is 0.435 e. The van der Waals surface area contributed by atoms with E-state index in [1.807, 2.05) is 49.4 Å². The molecule has 0 radical (unpaired) electrons. The maximum atomic E-state index is 12.1. The molecule has 0 fully saturated rings. The summed E-state index contributed by atoms with van der Waals surface area (Å²) >= 11 is 0. The van der Waals surface area contributed by atoms with Gasteiger partial charge in [-0.05, 0) is 30.4 Å². The predicted octanol–water partition coefficient (Wildman–Crippen LogP) is 5.55. The largest absolute Gasteiger partial charge is 0.491 e. The molecule has 9 heteroatoms. The van der Waals surface area contributed by atoms with Gasteiger partial charge in [0.05, 0.1) is 18.8 Å². The lowest BCUT2D eigenvalue weighted by Gasteiger charge is -2.13. The van der Waals surface area contributed by atoms with E-state index in [9.17, 15) is 14.9 Å². The van der Waals surface area contributed by atoms with Crippen LogP contribution in [0.15, 0.2) is 54.6 Å². The van der Waals surface area contributed by atoms with E-state index in [0.29, 0.717) is 43.2 Å². The summed E-state index contributed by atoms with van der Waals surface area (Å²) in [5.41, 5.74) is 2.75. The Balaban J connectivity index is 1.59. The first-order chi connectivity index (χ1) is 16.5. The molecule has 3 aromatic rings. The van der Waals surface area contributed by atoms with Crippen molar-refractivity contribution in [3.63, 3.8) is 0 Å². The maximum Gasteiger partial charge on any atom is 0.435 e. The Morgan fingerprint density at radius 3 is 2.56 bits per heavy atom. The van der Waals surface area contributed by atoms with Gasteiger partial charge in [-0.25, -0.2) is 9.36 Å². The molecule has 180 valence electrons. The fraction of sp³-hybridized carbons (Fsp3) is 0.360. The van der Waals surface area contributed by atoms with Crippen LogP contribution in [-0.2, 0) is 6.54 Å². The van der Waals surface area contributed by atoms with E-state index >= 15 is 0 Å². The SMILES string of the molecule is CCCCCNC(=O)Nc1ccccc1OCCCn1c([N+](=O)[O-])nc(-c2ccccc2)c1C. The number of imidazole rings is 1. The number of hydrogen-bond donors (Lipinski definition) is 2. The third-order valence-corrected chi connectivity index (χ3v) is 5.40. The number of anilines is 1. The normalized spacial score (nSPS) is 10.6. The zero-order valence-corrected chi connectivity index (χ0v) is 19.6. The van der Waals surface area contributed by atoms with Crippen molar-refractivity contribution in [3.8, 4) is 17.0 Å². The minimum atomic E-state index is -0.460. The lowest BCUT2D eigenvalue weighted by Crippen LogP contribution is -2.29. The molecule has 2 N–H and O–H groups in total. The number of para-hydroxylation sites is 2. The fourth-order valence-electron chi connectivity index (χ4n) is 3.64. The lowest BCUT2D eigenvalue weighted by molar-refractivity contribution is -0.396. The van der Waals surface area contributed by atoms with E-state index in [2.05, 4.69) is 22.5 Å². The molecule has 0 atom stereocenters. The van der Waals surface area contributed by atoms with Crippen LogP contribution < -0.4 is 15.4 Å². The molecule has 1 aromatic heterocycles. The molecule has 0 spiro atoms. The Morgan fingerprint density at radius 2 is 1.82 bits per heavy atom. The summed E-state index contributed by atoms with van der Waals surface area (Å²) in [6.07, 6.45) is 3.63. The van der Waals surface area contributed by atoms with Gasteiger partial charge in [-0.3, -0.25) is 0 Å². The van der Waals surface area contributed by atoms with Crippen molar-refractivity contribution in [3.05, 3.63) is 70.4 Å². The summed E-state index contributed by atoms with van der Waals surface area (Å²) in [6.45, 7) is 5.28. The summed E-state index contributed by atoms with van der Waals surface area (Å²) in [6, 6.07) is 16.4. The van der Waals surface area contributed by atoms with E-state index in [4.69, 9.17) is 4.74 Å².